The van der Waals surface area contributed by atoms with Gasteiger partial charge in [-0.2, -0.15) is 5.10 Å². The van der Waals surface area contributed by atoms with Gasteiger partial charge in [-0.15, -0.1) is 0 Å². The van der Waals surface area contributed by atoms with E-state index < -0.39 is 0 Å². The Morgan fingerprint density at radius 3 is 2.92 bits per heavy atom. The Bertz CT molecular complexity index is 331. The van der Waals surface area contributed by atoms with E-state index in [2.05, 4.69) is 22.2 Å². The van der Waals surface area contributed by atoms with E-state index in [1.807, 2.05) is 0 Å². The molecule has 0 bridgehead atoms. The van der Waals surface area contributed by atoms with Gasteiger partial charge in [0, 0.05) is 18.0 Å². The smallest absolute Gasteiger partial charge is 0.267 e. The first-order chi connectivity index (χ1) is 6.13. The molecule has 0 aliphatic heterocycles. The van der Waals surface area contributed by atoms with Gasteiger partial charge in [-0.1, -0.05) is 11.6 Å². The monoisotopic (exact) mass is 197 g/mol. The summed E-state index contributed by atoms with van der Waals surface area (Å²) in [6.07, 6.45) is 0. The van der Waals surface area contributed by atoms with Gasteiger partial charge in [-0.25, -0.2) is 10.4 Å². The maximum Gasteiger partial charge on any atom is 0.271 e. The molecule has 1 heterocycles. The van der Waals surface area contributed by atoms with Gasteiger partial charge >= 0.3 is 0 Å². The summed E-state index contributed by atoms with van der Waals surface area (Å²) >= 11 is 5.66. The first-order valence-corrected chi connectivity index (χ1v) is 3.91. The largest absolute Gasteiger partial charge is 0.271 e. The van der Waals surface area contributed by atoms with Gasteiger partial charge < -0.3 is 0 Å². The third-order valence-corrected chi connectivity index (χ3v) is 1.56. The molecule has 13 heavy (non-hydrogen) atoms. The van der Waals surface area contributed by atoms with Crippen molar-refractivity contribution in [2.24, 2.45) is 5.10 Å². The molecule has 0 unspecified atom stereocenters. The van der Waals surface area contributed by atoms with Crippen LogP contribution in [0.1, 0.15) is 16.1 Å². The summed E-state index contributed by atoms with van der Waals surface area (Å²) in [7, 11) is 0. The van der Waals surface area contributed by atoms with Crippen molar-refractivity contribution < 1.29 is 4.79 Å². The molecule has 0 saturated heterocycles. The van der Waals surface area contributed by atoms with Crippen molar-refractivity contribution in [3.8, 4) is 0 Å². The SMILES string of the molecule is C=NNC(=O)c1cc(C)nc(Cl)c1. The maximum atomic E-state index is 11.2. The van der Waals surface area contributed by atoms with Crippen LogP contribution in [0.15, 0.2) is 17.2 Å². The minimum absolute atomic E-state index is 0.286. The van der Waals surface area contributed by atoms with Crippen molar-refractivity contribution in [2.75, 3.05) is 0 Å². The van der Waals surface area contributed by atoms with Crippen molar-refractivity contribution in [2.45, 2.75) is 6.92 Å². The average Bonchev–Trinajstić information content (AvgIpc) is 2.03. The number of hydrogen-bond acceptors (Lipinski definition) is 3. The van der Waals surface area contributed by atoms with Gasteiger partial charge in [0.05, 0.1) is 0 Å². The lowest BCUT2D eigenvalue weighted by Gasteiger charge is -2.00. The number of carbonyl (C=O) groups excluding carboxylic acids is 1. The molecule has 1 rings (SSSR count). The quantitative estimate of drug-likeness (QED) is 0.443. The van der Waals surface area contributed by atoms with Gasteiger partial charge in [0.25, 0.3) is 5.91 Å². The Morgan fingerprint density at radius 2 is 2.38 bits per heavy atom. The summed E-state index contributed by atoms with van der Waals surface area (Å²) in [5, 5.41) is 3.54. The van der Waals surface area contributed by atoms with Crippen LogP contribution in [0.3, 0.4) is 0 Å². The molecular weight excluding hydrogens is 190 g/mol. The first-order valence-electron chi connectivity index (χ1n) is 3.53. The van der Waals surface area contributed by atoms with E-state index in [0.717, 1.165) is 0 Å². The van der Waals surface area contributed by atoms with Gasteiger partial charge in [0.1, 0.15) is 5.15 Å². The van der Waals surface area contributed by atoms with Crippen LogP contribution in [0.4, 0.5) is 0 Å². The molecule has 1 aromatic heterocycles. The Balaban J connectivity index is 3.00. The predicted molar refractivity (Wildman–Crippen MR) is 51.0 cm³/mol. The standard InChI is InChI=1S/C8H8ClN3O/c1-5-3-6(4-7(9)11-5)8(13)12-10-2/h3-4H,2H2,1H3,(H,12,13). The van der Waals surface area contributed by atoms with E-state index in [0.29, 0.717) is 11.3 Å². The normalized spacial score (nSPS) is 9.38. The second-order valence-corrected chi connectivity index (χ2v) is 2.81. The van der Waals surface area contributed by atoms with E-state index in [1.54, 1.807) is 13.0 Å². The van der Waals surface area contributed by atoms with Gasteiger partial charge in [0.2, 0.25) is 0 Å². The molecule has 68 valence electrons. The van der Waals surface area contributed by atoms with E-state index in [1.165, 1.54) is 6.07 Å². The lowest BCUT2D eigenvalue weighted by Crippen LogP contribution is -2.16. The van der Waals surface area contributed by atoms with E-state index in [9.17, 15) is 4.79 Å². The van der Waals surface area contributed by atoms with Gasteiger partial charge in [0.15, 0.2) is 0 Å². The molecule has 1 aromatic rings. The zero-order chi connectivity index (χ0) is 9.84. The van der Waals surface area contributed by atoms with Gasteiger partial charge in [-0.3, -0.25) is 4.79 Å². The molecule has 0 atom stereocenters. The maximum absolute atomic E-state index is 11.2. The zero-order valence-corrected chi connectivity index (χ0v) is 7.80. The zero-order valence-electron chi connectivity index (χ0n) is 7.04. The number of nitrogens with zero attached hydrogens (tertiary/aromatic N) is 2. The lowest BCUT2D eigenvalue weighted by molar-refractivity contribution is 0.0955. The number of amides is 1. The number of rotatable bonds is 2. The lowest BCUT2D eigenvalue weighted by atomic mass is 10.2. The second-order valence-electron chi connectivity index (χ2n) is 2.42. The van der Waals surface area contributed by atoms with Crippen molar-refractivity contribution in [3.63, 3.8) is 0 Å². The highest BCUT2D eigenvalue weighted by molar-refractivity contribution is 6.29. The summed E-state index contributed by atoms with van der Waals surface area (Å²) in [5.41, 5.74) is 3.31. The number of hydrazone groups is 1. The van der Waals surface area contributed by atoms with E-state index in [4.69, 9.17) is 11.6 Å². The van der Waals surface area contributed by atoms with Crippen molar-refractivity contribution in [1.29, 1.82) is 0 Å². The second kappa shape index (κ2) is 4.00. The molecule has 0 fully saturated rings. The molecule has 0 aromatic carbocycles. The molecule has 1 N–H and O–H groups in total. The fraction of sp³-hybridized carbons (Fsp3) is 0.125. The molecule has 0 radical (unpaired) electrons. The third kappa shape index (κ3) is 2.52. The van der Waals surface area contributed by atoms with Crippen LogP contribution in [0, 0.1) is 6.92 Å². The van der Waals surface area contributed by atoms with E-state index in [-0.39, 0.29) is 11.1 Å². The average molecular weight is 198 g/mol. The predicted octanol–water partition coefficient (Wildman–Crippen LogP) is 1.39. The van der Waals surface area contributed by atoms with Crippen LogP contribution in [-0.4, -0.2) is 17.6 Å². The molecule has 0 aliphatic carbocycles. The van der Waals surface area contributed by atoms with Crippen LogP contribution in [0.5, 0.6) is 0 Å². The highest BCUT2D eigenvalue weighted by Crippen LogP contribution is 2.09. The van der Waals surface area contributed by atoms with E-state index >= 15 is 0 Å². The molecule has 0 spiro atoms. The number of hydrogen-bond donors (Lipinski definition) is 1. The van der Waals surface area contributed by atoms with Crippen LogP contribution >= 0.6 is 11.6 Å². The molecule has 1 amide bonds. The molecule has 0 aliphatic rings. The van der Waals surface area contributed by atoms with Crippen LogP contribution in [0.2, 0.25) is 5.15 Å². The highest BCUT2D eigenvalue weighted by atomic mass is 35.5. The van der Waals surface area contributed by atoms with Crippen LogP contribution < -0.4 is 5.43 Å². The Hall–Kier alpha value is -1.42. The Labute approximate surface area is 80.6 Å². The molecule has 5 heteroatoms. The summed E-state index contributed by atoms with van der Waals surface area (Å²) in [6.45, 7) is 4.89. The fourth-order valence-electron chi connectivity index (χ4n) is 0.895. The number of pyridine rings is 1. The summed E-state index contributed by atoms with van der Waals surface area (Å²) in [5.74, 6) is -0.345. The number of aryl methyl sites for hydroxylation is 1. The third-order valence-electron chi connectivity index (χ3n) is 1.36. The minimum Gasteiger partial charge on any atom is -0.267 e. The molecule has 4 nitrogen and oxygen atoms in total. The summed E-state index contributed by atoms with van der Waals surface area (Å²) in [4.78, 5) is 15.1. The fourth-order valence-corrected chi connectivity index (χ4v) is 1.15. The number of nitrogens with one attached hydrogen (secondary N) is 1. The van der Waals surface area contributed by atoms with Crippen LogP contribution in [-0.2, 0) is 0 Å². The van der Waals surface area contributed by atoms with Gasteiger partial charge in [-0.05, 0) is 19.1 Å². The first kappa shape index (κ1) is 9.67. The van der Waals surface area contributed by atoms with Crippen LogP contribution in [0.25, 0.3) is 0 Å². The Kier molecular flexibility index (Phi) is 2.97. The number of carbonyl (C=O) groups is 1. The topological polar surface area (TPSA) is 54.4 Å². The van der Waals surface area contributed by atoms with Crippen molar-refractivity contribution in [3.05, 3.63) is 28.5 Å². The highest BCUT2D eigenvalue weighted by Gasteiger charge is 2.05. The Morgan fingerprint density at radius 1 is 1.69 bits per heavy atom. The van der Waals surface area contributed by atoms with Crippen molar-refractivity contribution >= 4 is 24.2 Å². The number of halogens is 1. The van der Waals surface area contributed by atoms with Crippen molar-refractivity contribution in [1.82, 2.24) is 10.4 Å². The molecule has 0 saturated carbocycles. The number of aromatic nitrogens is 1. The summed E-state index contributed by atoms with van der Waals surface area (Å²) in [6, 6.07) is 3.08. The molecular formula is C8H8ClN3O. The minimum atomic E-state index is -0.345. The summed E-state index contributed by atoms with van der Waals surface area (Å²) < 4.78 is 0.